The fraction of sp³-hybridized carbons (Fsp3) is 0.256. The van der Waals surface area contributed by atoms with Crippen LogP contribution in [0.1, 0.15) is 29.3 Å². The van der Waals surface area contributed by atoms with Gasteiger partial charge in [-0.15, -0.1) is 20.5 Å². The first-order valence-electron chi connectivity index (χ1n) is 23.9. The van der Waals surface area contributed by atoms with Crippen LogP contribution >= 0.6 is 23.2 Å². The maximum atomic E-state index is 12.8. The highest BCUT2D eigenvalue weighted by Crippen LogP contribution is 2.46. The maximum Gasteiger partial charge on any atom is 0.296 e. The molecule has 43 heteroatoms. The molecule has 0 saturated carbocycles. The molecule has 1 amide bonds. The van der Waals surface area contributed by atoms with Crippen LogP contribution in [0, 0.1) is 6.92 Å². The Bertz CT molecular complexity index is 4610. The van der Waals surface area contributed by atoms with Gasteiger partial charge in [0.1, 0.15) is 48.3 Å². The summed E-state index contributed by atoms with van der Waals surface area (Å²) in [5, 5.41) is 41.7. The third-order valence-electron chi connectivity index (χ3n) is 12.6. The summed E-state index contributed by atoms with van der Waals surface area (Å²) < 4.78 is 176. The van der Waals surface area contributed by atoms with Gasteiger partial charge >= 0.3 is 0 Å². The van der Waals surface area contributed by atoms with Crippen LogP contribution in [0.25, 0.3) is 10.8 Å². The van der Waals surface area contributed by atoms with E-state index in [1.165, 1.54) is 26.0 Å². The summed E-state index contributed by atoms with van der Waals surface area (Å²) in [7, 11) is -25.9. The van der Waals surface area contributed by atoms with Gasteiger partial charge < -0.3 is 36.8 Å². The number of halogens is 2. The van der Waals surface area contributed by atoms with E-state index in [0.717, 1.165) is 34.9 Å². The van der Waals surface area contributed by atoms with Crippen LogP contribution in [0.5, 0.6) is 11.6 Å². The molecule has 2 aliphatic rings. The Morgan fingerprint density at radius 3 is 1.95 bits per heavy atom. The number of amides is 1. The standard InChI is InChI=1S/C43H43Cl2N17O19S5/c1-3-62-36(65)30(35(46)64)19(2)32(37(62)66)58-57-24-17-23(27(84(73,74)75)18-28(24)85(76,77)78)48-41-51-38(44)50-40(54-41)47-8-9-60-10-12-61(13-11-60)43-53-39(45)52-42(55-43)49-25-16-21(82(67,68)69)14-20-15-29(86(79,80)81)33(34(63)31(20)25)59-56-22-6-4-5-7-26(22)83(70,71)72/h4-7,14-17,27,63,66H,3,8-13,18H2,1-2H3,(H2,46,64)(H,67,68,69)(H,70,71,72)(H,73,74,75)(H,76,77,78)(H,79,80,81)(H,49,52,53,55)(H2,47,48,50,51,54)/b58-57+,59-56+. The van der Waals surface area contributed by atoms with Gasteiger partial charge in [0.2, 0.25) is 40.2 Å². The molecule has 1 fully saturated rings. The van der Waals surface area contributed by atoms with Gasteiger partial charge in [-0.05, 0) is 78.8 Å². The zero-order valence-corrected chi connectivity index (χ0v) is 49.2. The highest BCUT2D eigenvalue weighted by atomic mass is 35.5. The summed E-state index contributed by atoms with van der Waals surface area (Å²) in [5.41, 5.74) is -0.190. The second kappa shape index (κ2) is 24.4. The van der Waals surface area contributed by atoms with Crippen molar-refractivity contribution in [1.82, 2.24) is 39.4 Å². The number of anilines is 5. The molecule has 36 nitrogen and oxygen atoms in total. The van der Waals surface area contributed by atoms with Crippen molar-refractivity contribution in [2.24, 2.45) is 26.2 Å². The zero-order chi connectivity index (χ0) is 63.2. The van der Waals surface area contributed by atoms with Crippen molar-refractivity contribution in [1.29, 1.82) is 0 Å². The number of allylic oxidation sites excluding steroid dienone is 2. The Balaban J connectivity index is 0.992. The first-order chi connectivity index (χ1) is 40.0. The molecule has 86 heavy (non-hydrogen) atoms. The average Bonchev–Trinajstić information content (AvgIpc) is 1.28. The Hall–Kier alpha value is -8.07. The van der Waals surface area contributed by atoms with E-state index in [2.05, 4.69) is 66.3 Å². The van der Waals surface area contributed by atoms with Crippen LogP contribution in [-0.2, 0) is 57.1 Å². The number of phenols is 1. The third-order valence-corrected chi connectivity index (χ3v) is 17.7. The number of aromatic nitrogens is 7. The highest BCUT2D eigenvalue weighted by molar-refractivity contribution is 7.90. The largest absolute Gasteiger partial charge is 0.505 e. The topological polar surface area (TPSA) is 547 Å². The lowest BCUT2D eigenvalue weighted by Crippen LogP contribution is -2.48. The number of carbonyl (C=O) groups is 1. The second-order valence-electron chi connectivity index (χ2n) is 18.1. The molecule has 1 atom stereocenters. The number of piperazine rings is 1. The molecule has 1 saturated heterocycles. The maximum absolute atomic E-state index is 12.8. The molecule has 1 aliphatic heterocycles. The molecule has 1 aliphatic carbocycles. The molecule has 3 aromatic heterocycles. The van der Waals surface area contributed by atoms with Crippen LogP contribution in [-0.4, -0.2) is 165 Å². The summed E-state index contributed by atoms with van der Waals surface area (Å²) >= 11 is 12.5. The van der Waals surface area contributed by atoms with E-state index >= 15 is 0 Å². The van der Waals surface area contributed by atoms with Crippen molar-refractivity contribution >= 4 is 137 Å². The van der Waals surface area contributed by atoms with E-state index in [1.54, 1.807) is 4.90 Å². The van der Waals surface area contributed by atoms with Crippen molar-refractivity contribution in [3.05, 3.63) is 96.9 Å². The van der Waals surface area contributed by atoms with Crippen LogP contribution in [0.3, 0.4) is 0 Å². The normalized spacial score (nSPS) is 15.8. The smallest absolute Gasteiger partial charge is 0.296 e. The first-order valence-corrected chi connectivity index (χ1v) is 32.0. The van der Waals surface area contributed by atoms with Crippen molar-refractivity contribution in [3.63, 3.8) is 0 Å². The second-order valence-corrected chi connectivity index (χ2v) is 26.0. The molecular weight excluding hydrogens is 1290 g/mol. The molecule has 3 aromatic carbocycles. The lowest BCUT2D eigenvalue weighted by Gasteiger charge is -2.34. The van der Waals surface area contributed by atoms with Gasteiger partial charge in [0.05, 0.1) is 10.6 Å². The van der Waals surface area contributed by atoms with Gasteiger partial charge in [-0.3, -0.25) is 41.8 Å². The van der Waals surface area contributed by atoms with Crippen LogP contribution in [0.2, 0.25) is 10.6 Å². The number of benzene rings is 3. The molecule has 4 heterocycles. The number of phenolic OH excluding ortho intramolecular Hbond substituents is 1. The fourth-order valence-corrected chi connectivity index (χ4v) is 12.5. The number of pyridine rings is 1. The Morgan fingerprint density at radius 2 is 1.35 bits per heavy atom. The van der Waals surface area contributed by atoms with Gasteiger partial charge in [-0.1, -0.05) is 12.1 Å². The number of aromatic hydroxyl groups is 2. The Labute approximate surface area is 495 Å². The number of nitrogens with two attached hydrogens (primary N) is 1. The van der Waals surface area contributed by atoms with Crippen molar-refractivity contribution < 1.29 is 79.9 Å². The molecule has 0 spiro atoms. The van der Waals surface area contributed by atoms with E-state index in [-0.39, 0.29) is 43.6 Å². The SMILES string of the molecule is CCn1c(O)c(/N=N/C2=C(S(=O)(=O)O)CC(S(=O)(=O)O)C(Nc3nc(Cl)nc(NCCN4CCN(c5nc(Cl)nc(Nc6cc(S(=O)(=O)O)cc7cc(S(=O)(=O)O)c(/N=N/c8ccccc8S(=O)(=O)O)c(O)c67)n5)CC4)n3)=C2)c(C)c(C(N)=O)c1=O. The van der Waals surface area contributed by atoms with Crippen LogP contribution in [0.15, 0.2) is 105 Å². The summed E-state index contributed by atoms with van der Waals surface area (Å²) in [4.78, 5) is 49.5. The van der Waals surface area contributed by atoms with E-state index in [1.807, 2.05) is 4.90 Å². The van der Waals surface area contributed by atoms with Gasteiger partial charge in [0, 0.05) is 68.9 Å². The molecule has 12 N–H and O–H groups in total. The molecular formula is C43H43Cl2N17O19S5. The minimum Gasteiger partial charge on any atom is -0.505 e. The van der Waals surface area contributed by atoms with E-state index in [4.69, 9.17) is 28.9 Å². The van der Waals surface area contributed by atoms with Gasteiger partial charge in [0.25, 0.3) is 62.1 Å². The molecule has 8 rings (SSSR count). The number of hydrogen-bond acceptors (Lipinski definition) is 29. The molecule has 1 unspecified atom stereocenters. The predicted octanol–water partition coefficient (Wildman–Crippen LogP) is 3.49. The van der Waals surface area contributed by atoms with E-state index < -0.39 is 178 Å². The summed E-state index contributed by atoms with van der Waals surface area (Å²) in [6, 6.07) is 6.73. The lowest BCUT2D eigenvalue weighted by molar-refractivity contribution is 0.0997. The number of rotatable bonds is 20. The van der Waals surface area contributed by atoms with Gasteiger partial charge in [-0.2, -0.15) is 72.0 Å². The summed E-state index contributed by atoms with van der Waals surface area (Å²) in [6.45, 7) is 4.02. The number of hydrogen-bond donors (Lipinski definition) is 11. The van der Waals surface area contributed by atoms with E-state index in [9.17, 15) is 84.7 Å². The monoisotopic (exact) mass is 1330 g/mol. The number of primary amides is 1. The summed E-state index contributed by atoms with van der Waals surface area (Å²) in [6.07, 6.45) is -0.396. The quantitative estimate of drug-likeness (QED) is 0.0385. The average molecular weight is 1330 g/mol. The predicted molar refractivity (Wildman–Crippen MR) is 302 cm³/mol. The van der Waals surface area contributed by atoms with Crippen LogP contribution in [0.4, 0.5) is 46.5 Å². The van der Waals surface area contributed by atoms with Gasteiger partial charge in [0.15, 0.2) is 5.75 Å². The Kier molecular flexibility index (Phi) is 18.1. The van der Waals surface area contributed by atoms with Gasteiger partial charge in [-0.25, -0.2) is 0 Å². The number of nitrogens with zero attached hydrogens (tertiary/aromatic N) is 13. The zero-order valence-electron chi connectivity index (χ0n) is 43.6. The Morgan fingerprint density at radius 1 is 0.733 bits per heavy atom. The third kappa shape index (κ3) is 14.3. The number of carbonyl (C=O) groups excluding carboxylic acids is 1. The minimum absolute atomic E-state index is 0.0255. The first kappa shape index (κ1) is 63.9. The number of nitrogens with one attached hydrogen (secondary N) is 3. The number of azo groups is 2. The molecule has 6 aromatic rings. The van der Waals surface area contributed by atoms with Crippen molar-refractivity contribution in [2.45, 2.75) is 46.7 Å². The van der Waals surface area contributed by atoms with Crippen molar-refractivity contribution in [2.75, 3.05) is 60.1 Å². The molecule has 458 valence electrons. The minimum atomic E-state index is -5.35. The molecule has 0 radical (unpaired) electrons. The highest BCUT2D eigenvalue weighted by Gasteiger charge is 2.38. The fourth-order valence-electron chi connectivity index (χ4n) is 8.65. The lowest BCUT2D eigenvalue weighted by atomic mass is 10.1. The van der Waals surface area contributed by atoms with Crippen LogP contribution < -0.4 is 32.1 Å². The summed E-state index contributed by atoms with van der Waals surface area (Å²) in [5.74, 6) is -4.14. The number of fused-ring (bicyclic) bond motifs is 1. The van der Waals surface area contributed by atoms with E-state index in [0.29, 0.717) is 25.7 Å². The van der Waals surface area contributed by atoms with Crippen molar-refractivity contribution in [3.8, 4) is 11.6 Å². The molecule has 0 bridgehead atoms.